The Kier molecular flexibility index (Phi) is 3.70. The molecular weight excluding hydrogens is 292 g/mol. The summed E-state index contributed by atoms with van der Waals surface area (Å²) in [6.07, 6.45) is -0.626. The Hall–Kier alpha value is -2.21. The zero-order valence-electron chi connectivity index (χ0n) is 11.9. The lowest BCUT2D eigenvalue weighted by molar-refractivity contribution is 0.0680. The van der Waals surface area contributed by atoms with Crippen LogP contribution in [0.1, 0.15) is 34.3 Å². The van der Waals surface area contributed by atoms with Crippen LogP contribution in [0.5, 0.6) is 0 Å². The van der Waals surface area contributed by atoms with E-state index in [0.717, 1.165) is 18.2 Å². The van der Waals surface area contributed by atoms with Crippen molar-refractivity contribution in [1.82, 2.24) is 4.90 Å². The number of benzene rings is 1. The topological polar surface area (TPSA) is 53.7 Å². The van der Waals surface area contributed by atoms with Crippen LogP contribution < -0.4 is 0 Å². The van der Waals surface area contributed by atoms with Crippen molar-refractivity contribution in [3.8, 4) is 0 Å². The maximum absolute atomic E-state index is 14.0. The highest BCUT2D eigenvalue weighted by Gasteiger charge is 2.38. The lowest BCUT2D eigenvalue weighted by Crippen LogP contribution is -2.32. The molecule has 116 valence electrons. The summed E-state index contributed by atoms with van der Waals surface area (Å²) in [5.41, 5.74) is 0.0631. The summed E-state index contributed by atoms with van der Waals surface area (Å²) in [6, 6.07) is 5.56. The van der Waals surface area contributed by atoms with Gasteiger partial charge in [0.1, 0.15) is 17.4 Å². The Morgan fingerprint density at radius 3 is 2.77 bits per heavy atom. The van der Waals surface area contributed by atoms with Crippen molar-refractivity contribution < 1.29 is 23.1 Å². The molecule has 4 nitrogen and oxygen atoms in total. The van der Waals surface area contributed by atoms with Crippen molar-refractivity contribution >= 4 is 5.91 Å². The van der Waals surface area contributed by atoms with Gasteiger partial charge in [0.05, 0.1) is 12.1 Å². The lowest BCUT2D eigenvalue weighted by Gasteiger charge is -2.24. The van der Waals surface area contributed by atoms with Crippen molar-refractivity contribution in [2.24, 2.45) is 0 Å². The molecule has 1 aromatic heterocycles. The zero-order chi connectivity index (χ0) is 15.9. The summed E-state index contributed by atoms with van der Waals surface area (Å²) in [5.74, 6) is -0.934. The van der Waals surface area contributed by atoms with Gasteiger partial charge in [-0.2, -0.15) is 0 Å². The van der Waals surface area contributed by atoms with Crippen LogP contribution in [0, 0.1) is 18.6 Å². The predicted molar refractivity (Wildman–Crippen MR) is 74.2 cm³/mol. The first kappa shape index (κ1) is 14.7. The third kappa shape index (κ3) is 2.62. The second kappa shape index (κ2) is 5.53. The summed E-state index contributed by atoms with van der Waals surface area (Å²) in [5, 5.41) is 9.85. The fourth-order valence-electron chi connectivity index (χ4n) is 2.79. The van der Waals surface area contributed by atoms with E-state index in [2.05, 4.69) is 0 Å². The number of aliphatic hydroxyl groups is 1. The van der Waals surface area contributed by atoms with Crippen molar-refractivity contribution in [1.29, 1.82) is 0 Å². The number of β-amino-alcohol motifs (C(OH)–C–C–N with tert-alkyl or cyclic N) is 1. The fourth-order valence-corrected chi connectivity index (χ4v) is 2.79. The fraction of sp³-hybridized carbons (Fsp3) is 0.312. The number of rotatable bonds is 2. The second-order valence-corrected chi connectivity index (χ2v) is 5.44. The quantitative estimate of drug-likeness (QED) is 0.928. The Labute approximate surface area is 126 Å². The average Bonchev–Trinajstić information content (AvgIpc) is 3.07. The lowest BCUT2D eigenvalue weighted by atomic mass is 10.0. The molecule has 1 aliphatic heterocycles. The van der Waals surface area contributed by atoms with Crippen LogP contribution in [0.4, 0.5) is 8.78 Å². The number of hydrogen-bond acceptors (Lipinski definition) is 3. The van der Waals surface area contributed by atoms with E-state index in [1.54, 1.807) is 13.0 Å². The van der Waals surface area contributed by atoms with Gasteiger partial charge in [0.2, 0.25) is 0 Å². The molecule has 1 amide bonds. The third-order valence-electron chi connectivity index (χ3n) is 3.81. The Balaban J connectivity index is 1.95. The van der Waals surface area contributed by atoms with Crippen LogP contribution in [0.25, 0.3) is 0 Å². The number of nitrogens with zero attached hydrogens (tertiary/aromatic N) is 1. The third-order valence-corrected chi connectivity index (χ3v) is 3.81. The van der Waals surface area contributed by atoms with E-state index in [-0.39, 0.29) is 24.3 Å². The molecule has 0 radical (unpaired) electrons. The minimum atomic E-state index is -0.785. The van der Waals surface area contributed by atoms with Gasteiger partial charge in [-0.1, -0.05) is 0 Å². The number of aliphatic hydroxyl groups excluding tert-OH is 1. The predicted octanol–water partition coefficient (Wildman–Crippen LogP) is 2.81. The van der Waals surface area contributed by atoms with E-state index in [1.807, 2.05) is 0 Å². The van der Waals surface area contributed by atoms with Crippen LogP contribution in [-0.2, 0) is 0 Å². The first-order chi connectivity index (χ1) is 10.5. The number of furan rings is 1. The Morgan fingerprint density at radius 2 is 2.09 bits per heavy atom. The molecule has 2 heterocycles. The molecule has 1 aliphatic rings. The highest BCUT2D eigenvalue weighted by atomic mass is 19.1. The number of aryl methyl sites for hydroxylation is 1. The molecule has 1 aromatic carbocycles. The second-order valence-electron chi connectivity index (χ2n) is 5.44. The normalized spacial score (nSPS) is 21.4. The Morgan fingerprint density at radius 1 is 1.32 bits per heavy atom. The maximum Gasteiger partial charge on any atom is 0.290 e. The Bertz CT molecular complexity index is 713. The largest absolute Gasteiger partial charge is 0.456 e. The number of hydrogen-bond donors (Lipinski definition) is 1. The van der Waals surface area contributed by atoms with Crippen molar-refractivity contribution in [2.45, 2.75) is 25.5 Å². The van der Waals surface area contributed by atoms with E-state index >= 15 is 0 Å². The molecule has 0 unspecified atom stereocenters. The molecule has 0 aliphatic carbocycles. The van der Waals surface area contributed by atoms with E-state index in [0.29, 0.717) is 5.76 Å². The van der Waals surface area contributed by atoms with Gasteiger partial charge in [0, 0.05) is 12.1 Å². The zero-order valence-corrected chi connectivity index (χ0v) is 11.9. The summed E-state index contributed by atoms with van der Waals surface area (Å²) in [4.78, 5) is 13.8. The molecule has 22 heavy (non-hydrogen) atoms. The number of halogens is 2. The first-order valence-electron chi connectivity index (χ1n) is 6.96. The molecule has 0 spiro atoms. The minimum absolute atomic E-state index is 0.0548. The van der Waals surface area contributed by atoms with E-state index in [9.17, 15) is 18.7 Å². The van der Waals surface area contributed by atoms with Crippen LogP contribution in [0.3, 0.4) is 0 Å². The van der Waals surface area contributed by atoms with Gasteiger partial charge in [-0.15, -0.1) is 0 Å². The first-order valence-corrected chi connectivity index (χ1v) is 6.96. The molecular formula is C16H15F2NO3. The van der Waals surface area contributed by atoms with Crippen LogP contribution >= 0.6 is 0 Å². The van der Waals surface area contributed by atoms with Gasteiger partial charge in [0.25, 0.3) is 5.91 Å². The highest BCUT2D eigenvalue weighted by molar-refractivity contribution is 5.92. The van der Waals surface area contributed by atoms with Crippen molar-refractivity contribution in [2.75, 3.05) is 6.54 Å². The average molecular weight is 307 g/mol. The van der Waals surface area contributed by atoms with Gasteiger partial charge >= 0.3 is 0 Å². The molecule has 1 fully saturated rings. The van der Waals surface area contributed by atoms with Gasteiger partial charge in [-0.05, 0) is 43.7 Å². The van der Waals surface area contributed by atoms with Gasteiger partial charge in [0.15, 0.2) is 5.76 Å². The van der Waals surface area contributed by atoms with Gasteiger partial charge in [-0.3, -0.25) is 4.79 Å². The monoisotopic (exact) mass is 307 g/mol. The summed E-state index contributed by atoms with van der Waals surface area (Å²) < 4.78 is 32.7. The standard InChI is InChI=1S/C16H15F2NO3/c1-9-2-5-15(22-9)16(21)19-8-11(20)7-14(19)12-6-10(17)3-4-13(12)18/h2-6,11,14,20H,7-8H2,1H3/t11-,14+/m0/s1. The van der Waals surface area contributed by atoms with Gasteiger partial charge in [-0.25, -0.2) is 8.78 Å². The van der Waals surface area contributed by atoms with E-state index in [4.69, 9.17) is 4.42 Å². The summed E-state index contributed by atoms with van der Waals surface area (Å²) in [7, 11) is 0. The van der Waals surface area contributed by atoms with Crippen LogP contribution in [0.2, 0.25) is 0 Å². The molecule has 0 saturated carbocycles. The minimum Gasteiger partial charge on any atom is -0.456 e. The van der Waals surface area contributed by atoms with Crippen molar-refractivity contribution in [3.05, 3.63) is 59.1 Å². The maximum atomic E-state index is 14.0. The number of likely N-dealkylation sites (tertiary alicyclic amines) is 1. The molecule has 2 atom stereocenters. The molecule has 2 aromatic rings. The van der Waals surface area contributed by atoms with Crippen molar-refractivity contribution in [3.63, 3.8) is 0 Å². The highest BCUT2D eigenvalue weighted by Crippen LogP contribution is 2.35. The number of carbonyl (C=O) groups excluding carboxylic acids is 1. The van der Waals surface area contributed by atoms with E-state index in [1.165, 1.54) is 11.0 Å². The van der Waals surface area contributed by atoms with E-state index < -0.39 is 29.7 Å². The summed E-state index contributed by atoms with van der Waals surface area (Å²) >= 11 is 0. The molecule has 3 rings (SSSR count). The number of amides is 1. The number of carbonyl (C=O) groups is 1. The summed E-state index contributed by atoms with van der Waals surface area (Å²) in [6.45, 7) is 1.76. The molecule has 1 N–H and O–H groups in total. The molecule has 6 heteroatoms. The molecule has 0 bridgehead atoms. The van der Waals surface area contributed by atoms with Gasteiger partial charge < -0.3 is 14.4 Å². The SMILES string of the molecule is Cc1ccc(C(=O)N2C[C@@H](O)C[C@@H]2c2cc(F)ccc2F)o1. The van der Waals surface area contributed by atoms with Crippen LogP contribution in [-0.4, -0.2) is 28.6 Å². The smallest absolute Gasteiger partial charge is 0.290 e. The molecule has 1 saturated heterocycles. The van der Waals surface area contributed by atoms with Crippen LogP contribution in [0.15, 0.2) is 34.7 Å².